The number of carbonyl (C=O) groups is 1. The molecule has 1 fully saturated rings. The van der Waals surface area contributed by atoms with Crippen molar-refractivity contribution in [2.45, 2.75) is 25.4 Å². The highest BCUT2D eigenvalue weighted by Gasteiger charge is 2.28. The van der Waals surface area contributed by atoms with Crippen molar-refractivity contribution in [3.63, 3.8) is 0 Å². The molecule has 23 heavy (non-hydrogen) atoms. The number of allylic oxidation sites excluding steroid dienone is 2. The van der Waals surface area contributed by atoms with Gasteiger partial charge >= 0.3 is 0 Å². The first-order chi connectivity index (χ1) is 11.1. The van der Waals surface area contributed by atoms with Gasteiger partial charge in [0.25, 0.3) is 0 Å². The number of anilines is 1. The lowest BCUT2D eigenvalue weighted by molar-refractivity contribution is -0.139. The van der Waals surface area contributed by atoms with Crippen LogP contribution in [-0.2, 0) is 9.53 Å². The Morgan fingerprint density at radius 2 is 2.35 bits per heavy atom. The van der Waals surface area contributed by atoms with Crippen LogP contribution in [0.2, 0.25) is 0 Å². The van der Waals surface area contributed by atoms with E-state index in [1.54, 1.807) is 6.20 Å². The zero-order valence-corrected chi connectivity index (χ0v) is 13.8. The van der Waals surface area contributed by atoms with E-state index in [1.165, 1.54) is 0 Å². The Morgan fingerprint density at radius 1 is 1.48 bits per heavy atom. The maximum Gasteiger partial charge on any atom is 0.225 e. The second-order valence-corrected chi connectivity index (χ2v) is 6.34. The summed E-state index contributed by atoms with van der Waals surface area (Å²) in [6.45, 7) is 1.79. The van der Waals surface area contributed by atoms with Crippen LogP contribution in [0.25, 0.3) is 0 Å². The van der Waals surface area contributed by atoms with E-state index in [1.807, 2.05) is 30.0 Å². The standard InChI is InChI=1S/C17H24N4O2/c1-20(2)17-18-8-7-14(19-17)15-12-21(9-10-23-15)16(22)11-13-5-3-4-6-13/h3,5,7-8,13,15H,4,6,9-12H2,1-2H3/t13-,15+/m0/s1. The highest BCUT2D eigenvalue weighted by molar-refractivity contribution is 5.76. The summed E-state index contributed by atoms with van der Waals surface area (Å²) >= 11 is 0. The Hall–Kier alpha value is -1.95. The van der Waals surface area contributed by atoms with Gasteiger partial charge in [-0.15, -0.1) is 0 Å². The van der Waals surface area contributed by atoms with Crippen LogP contribution in [0.5, 0.6) is 0 Å². The highest BCUT2D eigenvalue weighted by atomic mass is 16.5. The number of hydrogen-bond donors (Lipinski definition) is 0. The van der Waals surface area contributed by atoms with Crippen molar-refractivity contribution in [3.8, 4) is 0 Å². The van der Waals surface area contributed by atoms with Crippen molar-refractivity contribution in [1.29, 1.82) is 0 Å². The Bertz CT molecular complexity index is 588. The minimum atomic E-state index is -0.173. The summed E-state index contributed by atoms with van der Waals surface area (Å²) in [5.41, 5.74) is 0.835. The third-order valence-electron chi connectivity index (χ3n) is 4.36. The fourth-order valence-corrected chi connectivity index (χ4v) is 3.03. The van der Waals surface area contributed by atoms with Crippen LogP contribution in [0, 0.1) is 5.92 Å². The van der Waals surface area contributed by atoms with Crippen LogP contribution >= 0.6 is 0 Å². The molecule has 2 aliphatic rings. The second-order valence-electron chi connectivity index (χ2n) is 6.34. The maximum absolute atomic E-state index is 12.5. The molecule has 0 N–H and O–H groups in total. The van der Waals surface area contributed by atoms with Crippen molar-refractivity contribution < 1.29 is 9.53 Å². The smallest absolute Gasteiger partial charge is 0.225 e. The zero-order valence-electron chi connectivity index (χ0n) is 13.8. The Kier molecular flexibility index (Phi) is 4.91. The molecule has 6 nitrogen and oxygen atoms in total. The number of rotatable bonds is 4. The minimum Gasteiger partial charge on any atom is -0.368 e. The van der Waals surface area contributed by atoms with Crippen molar-refractivity contribution >= 4 is 11.9 Å². The number of hydrogen-bond acceptors (Lipinski definition) is 5. The Morgan fingerprint density at radius 3 is 3.09 bits per heavy atom. The lowest BCUT2D eigenvalue weighted by Gasteiger charge is -2.33. The number of carbonyl (C=O) groups excluding carboxylic acids is 1. The summed E-state index contributed by atoms with van der Waals surface area (Å²) in [6, 6.07) is 1.87. The first kappa shape index (κ1) is 15.9. The van der Waals surface area contributed by atoms with Crippen molar-refractivity contribution in [2.75, 3.05) is 38.7 Å². The second kappa shape index (κ2) is 7.08. The van der Waals surface area contributed by atoms with E-state index in [9.17, 15) is 4.79 Å². The molecule has 1 aromatic heterocycles. The molecule has 1 aliphatic heterocycles. The molecule has 0 spiro atoms. The first-order valence-electron chi connectivity index (χ1n) is 8.20. The molecule has 2 heterocycles. The minimum absolute atomic E-state index is 0.173. The molecule has 0 unspecified atom stereocenters. The molecule has 0 aromatic carbocycles. The van der Waals surface area contributed by atoms with Crippen LogP contribution in [-0.4, -0.2) is 54.6 Å². The lowest BCUT2D eigenvalue weighted by atomic mass is 10.0. The maximum atomic E-state index is 12.5. The van der Waals surface area contributed by atoms with Crippen molar-refractivity contribution in [3.05, 3.63) is 30.1 Å². The Labute approximate surface area is 137 Å². The highest BCUT2D eigenvalue weighted by Crippen LogP contribution is 2.25. The fourth-order valence-electron chi connectivity index (χ4n) is 3.03. The summed E-state index contributed by atoms with van der Waals surface area (Å²) in [7, 11) is 3.82. The molecule has 1 amide bonds. The van der Waals surface area contributed by atoms with Crippen LogP contribution in [0.3, 0.4) is 0 Å². The van der Waals surface area contributed by atoms with Gasteiger partial charge in [-0.2, -0.15) is 0 Å². The molecule has 2 atom stereocenters. The number of morpholine rings is 1. The molecule has 1 saturated heterocycles. The van der Waals surface area contributed by atoms with Crippen LogP contribution < -0.4 is 4.90 Å². The predicted octanol–water partition coefficient (Wildman–Crippen LogP) is 1.80. The van der Waals surface area contributed by atoms with Gasteiger partial charge in [0.2, 0.25) is 11.9 Å². The first-order valence-corrected chi connectivity index (χ1v) is 8.20. The summed E-state index contributed by atoms with van der Waals surface area (Å²) in [6.07, 6.45) is 8.71. The molecule has 0 radical (unpaired) electrons. The van der Waals surface area contributed by atoms with Crippen molar-refractivity contribution in [2.24, 2.45) is 5.92 Å². The van der Waals surface area contributed by atoms with Gasteiger partial charge in [-0.05, 0) is 24.8 Å². The normalized spacial score (nSPS) is 24.0. The van der Waals surface area contributed by atoms with Crippen molar-refractivity contribution in [1.82, 2.24) is 14.9 Å². The third kappa shape index (κ3) is 3.88. The SMILES string of the molecule is CN(C)c1nccc([C@H]2CN(C(=O)C[C@H]3C=CCC3)CCO2)n1. The predicted molar refractivity (Wildman–Crippen MR) is 88.1 cm³/mol. The summed E-state index contributed by atoms with van der Waals surface area (Å²) < 4.78 is 5.83. The monoisotopic (exact) mass is 316 g/mol. The quantitative estimate of drug-likeness (QED) is 0.793. The molecule has 3 rings (SSSR count). The molecule has 0 bridgehead atoms. The van der Waals surface area contributed by atoms with E-state index in [4.69, 9.17) is 4.74 Å². The molecule has 0 saturated carbocycles. The average Bonchev–Trinajstić information content (AvgIpc) is 3.08. The van der Waals surface area contributed by atoms with Crippen LogP contribution in [0.4, 0.5) is 5.95 Å². The molecular formula is C17H24N4O2. The van der Waals surface area contributed by atoms with E-state index in [0.29, 0.717) is 38.0 Å². The van der Waals surface area contributed by atoms with E-state index < -0.39 is 0 Å². The molecule has 1 aromatic rings. The topological polar surface area (TPSA) is 58.6 Å². The number of amides is 1. The van der Waals surface area contributed by atoms with E-state index >= 15 is 0 Å². The number of ether oxygens (including phenoxy) is 1. The molecule has 1 aliphatic carbocycles. The van der Waals surface area contributed by atoms with Crippen LogP contribution in [0.15, 0.2) is 24.4 Å². The van der Waals surface area contributed by atoms with Gasteiger partial charge in [-0.1, -0.05) is 12.2 Å². The van der Waals surface area contributed by atoms with Gasteiger partial charge in [0.15, 0.2) is 0 Å². The van der Waals surface area contributed by atoms with Gasteiger partial charge in [0, 0.05) is 33.3 Å². The Balaban J connectivity index is 1.64. The van der Waals surface area contributed by atoms with E-state index in [0.717, 1.165) is 18.5 Å². The van der Waals surface area contributed by atoms with Gasteiger partial charge in [-0.3, -0.25) is 4.79 Å². The largest absolute Gasteiger partial charge is 0.368 e. The van der Waals surface area contributed by atoms with Gasteiger partial charge in [0.1, 0.15) is 6.10 Å². The number of aromatic nitrogens is 2. The van der Waals surface area contributed by atoms with E-state index in [-0.39, 0.29) is 12.0 Å². The summed E-state index contributed by atoms with van der Waals surface area (Å²) in [5, 5.41) is 0. The van der Waals surface area contributed by atoms with E-state index in [2.05, 4.69) is 22.1 Å². The lowest BCUT2D eigenvalue weighted by Crippen LogP contribution is -2.43. The van der Waals surface area contributed by atoms with Gasteiger partial charge in [0.05, 0.1) is 18.8 Å². The molecule has 6 heteroatoms. The van der Waals surface area contributed by atoms with Crippen LogP contribution in [0.1, 0.15) is 31.1 Å². The molecule has 124 valence electrons. The summed E-state index contributed by atoms with van der Waals surface area (Å²) in [4.78, 5) is 25.0. The molecular weight excluding hydrogens is 292 g/mol. The zero-order chi connectivity index (χ0) is 16.2. The summed E-state index contributed by atoms with van der Waals surface area (Å²) in [5.74, 6) is 1.28. The van der Waals surface area contributed by atoms with Gasteiger partial charge in [-0.25, -0.2) is 9.97 Å². The average molecular weight is 316 g/mol. The number of nitrogens with zero attached hydrogens (tertiary/aromatic N) is 4. The fraction of sp³-hybridized carbons (Fsp3) is 0.588. The van der Waals surface area contributed by atoms with Gasteiger partial charge < -0.3 is 14.5 Å². The third-order valence-corrected chi connectivity index (χ3v) is 4.36.